The van der Waals surface area contributed by atoms with Crippen LogP contribution in [-0.4, -0.2) is 25.7 Å². The molecule has 3 nitrogen and oxygen atoms in total. The van der Waals surface area contributed by atoms with E-state index in [1.807, 2.05) is 17.5 Å². The van der Waals surface area contributed by atoms with Gasteiger partial charge in [0.05, 0.1) is 4.88 Å². The molecule has 0 bridgehead atoms. The molecular weight excluding hydrogens is 290 g/mol. The van der Waals surface area contributed by atoms with Crippen LogP contribution in [0, 0.1) is 0 Å². The van der Waals surface area contributed by atoms with E-state index < -0.39 is 0 Å². The molecule has 0 atom stereocenters. The number of hydrogen-bond donors (Lipinski definition) is 1. The SMILES string of the molecule is O=C(NCC1(c2cccs2)CCOCC1)c1cccs1. The Hall–Kier alpha value is -1.17. The first-order valence-electron chi connectivity index (χ1n) is 6.74. The first-order chi connectivity index (χ1) is 9.80. The molecule has 1 aliphatic rings. The minimum absolute atomic E-state index is 0.0300. The summed E-state index contributed by atoms with van der Waals surface area (Å²) in [6, 6.07) is 8.02. The Labute approximate surface area is 126 Å². The zero-order valence-electron chi connectivity index (χ0n) is 11.1. The second-order valence-corrected chi connectivity index (χ2v) is 6.93. The Morgan fingerprint density at radius 2 is 1.95 bits per heavy atom. The van der Waals surface area contributed by atoms with Crippen LogP contribution in [0.5, 0.6) is 0 Å². The molecule has 5 heteroatoms. The molecule has 0 saturated carbocycles. The second-order valence-electron chi connectivity index (χ2n) is 5.03. The zero-order valence-corrected chi connectivity index (χ0v) is 12.8. The third-order valence-electron chi connectivity index (χ3n) is 3.83. The quantitative estimate of drug-likeness (QED) is 0.941. The number of ether oxygens (including phenoxy) is 1. The van der Waals surface area contributed by atoms with Gasteiger partial charge in [0, 0.05) is 30.1 Å². The number of thiophene rings is 2. The van der Waals surface area contributed by atoms with E-state index in [-0.39, 0.29) is 11.3 Å². The fraction of sp³-hybridized carbons (Fsp3) is 0.400. The van der Waals surface area contributed by atoms with Crippen LogP contribution in [0.2, 0.25) is 0 Å². The minimum Gasteiger partial charge on any atom is -0.381 e. The van der Waals surface area contributed by atoms with Crippen molar-refractivity contribution in [1.82, 2.24) is 5.32 Å². The maximum atomic E-state index is 12.1. The summed E-state index contributed by atoms with van der Waals surface area (Å²) in [6.07, 6.45) is 1.94. The highest BCUT2D eigenvalue weighted by Crippen LogP contribution is 2.37. The summed E-state index contributed by atoms with van der Waals surface area (Å²) in [5.74, 6) is 0.0300. The molecule has 106 valence electrons. The van der Waals surface area contributed by atoms with Crippen molar-refractivity contribution in [3.05, 3.63) is 44.8 Å². The molecule has 1 saturated heterocycles. The third-order valence-corrected chi connectivity index (χ3v) is 5.81. The van der Waals surface area contributed by atoms with E-state index >= 15 is 0 Å². The van der Waals surface area contributed by atoms with Crippen LogP contribution in [0.25, 0.3) is 0 Å². The molecule has 2 aromatic rings. The van der Waals surface area contributed by atoms with E-state index in [1.54, 1.807) is 11.3 Å². The molecule has 1 amide bonds. The average molecular weight is 307 g/mol. The molecule has 1 aliphatic heterocycles. The van der Waals surface area contributed by atoms with Crippen molar-refractivity contribution in [3.8, 4) is 0 Å². The molecule has 1 N–H and O–H groups in total. The topological polar surface area (TPSA) is 38.3 Å². The maximum absolute atomic E-state index is 12.1. The van der Waals surface area contributed by atoms with Gasteiger partial charge in [-0.25, -0.2) is 0 Å². The van der Waals surface area contributed by atoms with Crippen LogP contribution in [0.3, 0.4) is 0 Å². The maximum Gasteiger partial charge on any atom is 0.261 e. The summed E-state index contributed by atoms with van der Waals surface area (Å²) >= 11 is 3.25. The molecule has 2 aromatic heterocycles. The molecule has 1 fully saturated rings. The average Bonchev–Trinajstić information content (AvgIpc) is 3.18. The van der Waals surface area contributed by atoms with Crippen LogP contribution in [-0.2, 0) is 10.2 Å². The molecule has 0 unspecified atom stereocenters. The highest BCUT2D eigenvalue weighted by atomic mass is 32.1. The van der Waals surface area contributed by atoms with Crippen molar-refractivity contribution in [1.29, 1.82) is 0 Å². The summed E-state index contributed by atoms with van der Waals surface area (Å²) in [6.45, 7) is 2.23. The summed E-state index contributed by atoms with van der Waals surface area (Å²) < 4.78 is 5.50. The van der Waals surface area contributed by atoms with Gasteiger partial charge in [-0.1, -0.05) is 12.1 Å². The first kappa shape index (κ1) is 13.8. The molecular formula is C15H17NO2S2. The van der Waals surface area contributed by atoms with Gasteiger partial charge in [0.1, 0.15) is 0 Å². The van der Waals surface area contributed by atoms with Crippen LogP contribution < -0.4 is 5.32 Å². The summed E-state index contributed by atoms with van der Waals surface area (Å²) in [4.78, 5) is 14.3. The number of carbonyl (C=O) groups is 1. The Morgan fingerprint density at radius 1 is 1.20 bits per heavy atom. The highest BCUT2D eigenvalue weighted by molar-refractivity contribution is 7.12. The van der Waals surface area contributed by atoms with Gasteiger partial charge in [-0.15, -0.1) is 22.7 Å². The largest absolute Gasteiger partial charge is 0.381 e. The number of carbonyl (C=O) groups excluding carboxylic acids is 1. The molecule has 3 rings (SSSR count). The third kappa shape index (κ3) is 2.80. The van der Waals surface area contributed by atoms with E-state index in [9.17, 15) is 4.79 Å². The van der Waals surface area contributed by atoms with Crippen molar-refractivity contribution >= 4 is 28.6 Å². The lowest BCUT2D eigenvalue weighted by atomic mass is 9.78. The normalized spacial score (nSPS) is 17.8. The van der Waals surface area contributed by atoms with Gasteiger partial charge in [0.2, 0.25) is 0 Å². The van der Waals surface area contributed by atoms with Crippen molar-refractivity contribution < 1.29 is 9.53 Å². The van der Waals surface area contributed by atoms with E-state index in [2.05, 4.69) is 22.8 Å². The summed E-state index contributed by atoms with van der Waals surface area (Å²) in [5.41, 5.74) is 0.0410. The Balaban J connectivity index is 1.72. The number of rotatable bonds is 4. The summed E-state index contributed by atoms with van der Waals surface area (Å²) in [7, 11) is 0. The van der Waals surface area contributed by atoms with E-state index in [0.717, 1.165) is 30.9 Å². The Kier molecular flexibility index (Phi) is 4.19. The fourth-order valence-electron chi connectivity index (χ4n) is 2.60. The monoisotopic (exact) mass is 307 g/mol. The van der Waals surface area contributed by atoms with Crippen LogP contribution in [0.15, 0.2) is 35.0 Å². The Bertz CT molecular complexity index is 542. The Morgan fingerprint density at radius 3 is 2.60 bits per heavy atom. The van der Waals surface area contributed by atoms with Crippen molar-refractivity contribution in [3.63, 3.8) is 0 Å². The first-order valence-corrected chi connectivity index (χ1v) is 8.50. The molecule has 0 aliphatic carbocycles. The van der Waals surface area contributed by atoms with Crippen molar-refractivity contribution in [2.45, 2.75) is 18.3 Å². The van der Waals surface area contributed by atoms with Gasteiger partial charge in [0.25, 0.3) is 5.91 Å². The smallest absolute Gasteiger partial charge is 0.261 e. The van der Waals surface area contributed by atoms with Gasteiger partial charge in [-0.2, -0.15) is 0 Å². The lowest BCUT2D eigenvalue weighted by molar-refractivity contribution is 0.0499. The number of amides is 1. The van der Waals surface area contributed by atoms with Gasteiger partial charge >= 0.3 is 0 Å². The number of hydrogen-bond acceptors (Lipinski definition) is 4. The molecule has 3 heterocycles. The van der Waals surface area contributed by atoms with Crippen LogP contribution in [0.4, 0.5) is 0 Å². The van der Waals surface area contributed by atoms with Crippen molar-refractivity contribution in [2.24, 2.45) is 0 Å². The highest BCUT2D eigenvalue weighted by Gasteiger charge is 2.35. The van der Waals surface area contributed by atoms with Gasteiger partial charge in [-0.3, -0.25) is 4.79 Å². The minimum atomic E-state index is 0.0300. The summed E-state index contributed by atoms with van der Waals surface area (Å²) in [5, 5.41) is 7.14. The fourth-order valence-corrected chi connectivity index (χ4v) is 4.22. The zero-order chi connectivity index (χ0) is 13.8. The number of nitrogens with one attached hydrogen (secondary N) is 1. The van der Waals surface area contributed by atoms with Crippen molar-refractivity contribution in [2.75, 3.05) is 19.8 Å². The predicted octanol–water partition coefficient (Wildman–Crippen LogP) is 3.29. The van der Waals surface area contributed by atoms with Crippen LogP contribution >= 0.6 is 22.7 Å². The van der Waals surface area contributed by atoms with Gasteiger partial charge in [0.15, 0.2) is 0 Å². The van der Waals surface area contributed by atoms with Crippen LogP contribution in [0.1, 0.15) is 27.4 Å². The van der Waals surface area contributed by atoms with E-state index in [0.29, 0.717) is 6.54 Å². The second kappa shape index (κ2) is 6.08. The molecule has 0 radical (unpaired) electrons. The predicted molar refractivity (Wildman–Crippen MR) is 82.7 cm³/mol. The lowest BCUT2D eigenvalue weighted by Gasteiger charge is -2.36. The van der Waals surface area contributed by atoms with E-state index in [4.69, 9.17) is 4.74 Å². The lowest BCUT2D eigenvalue weighted by Crippen LogP contribution is -2.44. The van der Waals surface area contributed by atoms with Gasteiger partial charge in [-0.05, 0) is 35.7 Å². The molecule has 20 heavy (non-hydrogen) atoms. The van der Waals surface area contributed by atoms with E-state index in [1.165, 1.54) is 16.2 Å². The van der Waals surface area contributed by atoms with Gasteiger partial charge < -0.3 is 10.1 Å². The standard InChI is InChI=1S/C15H17NO2S2/c17-14(12-3-1-9-19-12)16-11-15(5-7-18-8-6-15)13-4-2-10-20-13/h1-4,9-10H,5-8,11H2,(H,16,17). The molecule has 0 spiro atoms. The molecule has 0 aromatic carbocycles.